The van der Waals surface area contributed by atoms with E-state index in [-0.39, 0.29) is 0 Å². The molecule has 1 rings (SSSR count). The summed E-state index contributed by atoms with van der Waals surface area (Å²) in [7, 11) is 0. The fraction of sp³-hybridized carbons (Fsp3) is 0.840. The molecule has 0 radical (unpaired) electrons. The lowest BCUT2D eigenvalue weighted by molar-refractivity contribution is 0.471. The molecule has 0 fully saturated rings. The van der Waals surface area contributed by atoms with E-state index in [1.54, 1.807) is 14.7 Å². The van der Waals surface area contributed by atoms with Gasteiger partial charge < -0.3 is 11.1 Å². The van der Waals surface area contributed by atoms with Crippen molar-refractivity contribution in [3.8, 4) is 0 Å². The molecule has 2 atom stereocenters. The highest BCUT2D eigenvalue weighted by molar-refractivity contribution is 8.01. The van der Waals surface area contributed by atoms with Gasteiger partial charge in [0.25, 0.3) is 0 Å². The van der Waals surface area contributed by atoms with Gasteiger partial charge >= 0.3 is 0 Å². The van der Waals surface area contributed by atoms with Crippen LogP contribution in [0.1, 0.15) is 91.0 Å². The molecule has 0 amide bonds. The molecule has 0 aliphatic heterocycles. The van der Waals surface area contributed by atoms with Crippen molar-refractivity contribution >= 4 is 34.9 Å². The molecule has 0 saturated heterocycles. The maximum Gasteiger partial charge on any atom is 0.0642 e. The molecule has 0 aromatic carbocycles. The van der Waals surface area contributed by atoms with E-state index in [0.29, 0.717) is 5.92 Å². The van der Waals surface area contributed by atoms with Crippen LogP contribution in [0.4, 0.5) is 0 Å². The van der Waals surface area contributed by atoms with E-state index in [0.717, 1.165) is 19.0 Å². The summed E-state index contributed by atoms with van der Waals surface area (Å²) >= 11 is 6.18. The normalized spacial score (nSPS) is 13.6. The van der Waals surface area contributed by atoms with Crippen LogP contribution in [0, 0.1) is 11.8 Å². The topological polar surface area (TPSA) is 38.0 Å². The number of thiophene rings is 1. The number of rotatable bonds is 20. The Hall–Kier alpha value is 0.320. The van der Waals surface area contributed by atoms with Gasteiger partial charge in [-0.2, -0.15) is 0 Å². The first-order valence-corrected chi connectivity index (χ1v) is 15.3. The zero-order valence-electron chi connectivity index (χ0n) is 20.1. The van der Waals surface area contributed by atoms with Gasteiger partial charge in [0.2, 0.25) is 0 Å². The van der Waals surface area contributed by atoms with E-state index in [2.05, 4.69) is 61.9 Å². The summed E-state index contributed by atoms with van der Waals surface area (Å²) in [6, 6.07) is 0. The molecule has 0 saturated carbocycles. The fourth-order valence-corrected chi connectivity index (χ4v) is 7.59. The van der Waals surface area contributed by atoms with Gasteiger partial charge in [0, 0.05) is 21.8 Å². The number of nitrogens with one attached hydrogen (secondary N) is 1. The van der Waals surface area contributed by atoms with Crippen molar-refractivity contribution in [2.75, 3.05) is 31.1 Å². The first kappa shape index (κ1) is 28.4. The summed E-state index contributed by atoms with van der Waals surface area (Å²) in [5, 5.41) is 6.11. The summed E-state index contributed by atoms with van der Waals surface area (Å²) in [6.07, 6.45) is 12.9. The van der Waals surface area contributed by atoms with E-state index in [4.69, 9.17) is 5.73 Å². The summed E-state index contributed by atoms with van der Waals surface area (Å²) in [4.78, 5) is 1.56. The number of nitrogens with two attached hydrogens (primary N) is 1. The SMILES string of the molecule is CCCCc1c(SCC(CCCC)CNCCC)csc1SCC(CN)CCCC. The van der Waals surface area contributed by atoms with Crippen LogP contribution in [-0.4, -0.2) is 31.1 Å². The highest BCUT2D eigenvalue weighted by Gasteiger charge is 2.17. The molecule has 30 heavy (non-hydrogen) atoms. The molecule has 0 aliphatic rings. The largest absolute Gasteiger partial charge is 0.330 e. The van der Waals surface area contributed by atoms with Crippen LogP contribution < -0.4 is 11.1 Å². The zero-order valence-corrected chi connectivity index (χ0v) is 22.6. The first-order chi connectivity index (χ1) is 14.7. The van der Waals surface area contributed by atoms with E-state index < -0.39 is 0 Å². The minimum absolute atomic E-state index is 0.662. The Labute approximate surface area is 200 Å². The minimum Gasteiger partial charge on any atom is -0.330 e. The van der Waals surface area contributed by atoms with E-state index in [1.165, 1.54) is 82.3 Å². The lowest BCUT2D eigenvalue weighted by Gasteiger charge is -2.17. The minimum atomic E-state index is 0.662. The molecule has 3 N–H and O–H groups in total. The summed E-state index contributed by atoms with van der Waals surface area (Å²) in [5.74, 6) is 3.88. The Kier molecular flexibility index (Phi) is 17.8. The van der Waals surface area contributed by atoms with Gasteiger partial charge in [-0.05, 0) is 69.1 Å². The van der Waals surface area contributed by atoms with Gasteiger partial charge in [-0.15, -0.1) is 34.9 Å². The van der Waals surface area contributed by atoms with Gasteiger partial charge in [-0.1, -0.05) is 59.8 Å². The number of unbranched alkanes of at least 4 members (excludes halogenated alkanes) is 3. The predicted octanol–water partition coefficient (Wildman–Crippen LogP) is 7.85. The molecule has 0 aliphatic carbocycles. The van der Waals surface area contributed by atoms with E-state index >= 15 is 0 Å². The monoisotopic (exact) mass is 472 g/mol. The smallest absolute Gasteiger partial charge is 0.0642 e. The van der Waals surface area contributed by atoms with Crippen molar-refractivity contribution in [3.05, 3.63) is 10.9 Å². The lowest BCUT2D eigenvalue weighted by atomic mass is 10.0. The summed E-state index contributed by atoms with van der Waals surface area (Å²) < 4.78 is 1.56. The van der Waals surface area contributed by atoms with Crippen molar-refractivity contribution in [3.63, 3.8) is 0 Å². The molecule has 176 valence electrons. The van der Waals surface area contributed by atoms with Crippen LogP contribution in [0.5, 0.6) is 0 Å². The van der Waals surface area contributed by atoms with Crippen LogP contribution in [-0.2, 0) is 6.42 Å². The molecular formula is C25H48N2S3. The van der Waals surface area contributed by atoms with Crippen LogP contribution in [0.15, 0.2) is 14.5 Å². The molecule has 0 bridgehead atoms. The van der Waals surface area contributed by atoms with Crippen LogP contribution in [0.3, 0.4) is 0 Å². The second kappa shape index (κ2) is 18.8. The molecule has 2 nitrogen and oxygen atoms in total. The summed E-state index contributed by atoms with van der Waals surface area (Å²) in [6.45, 7) is 12.3. The Morgan fingerprint density at radius 3 is 2.20 bits per heavy atom. The van der Waals surface area contributed by atoms with Gasteiger partial charge in [-0.25, -0.2) is 0 Å². The third kappa shape index (κ3) is 11.8. The molecule has 2 unspecified atom stereocenters. The number of hydrogen-bond donors (Lipinski definition) is 2. The Morgan fingerprint density at radius 1 is 0.900 bits per heavy atom. The molecule has 1 heterocycles. The standard InChI is InChI=1S/C25H48N2S3/c1-5-9-12-21(16-26)18-29-25-23(14-11-7-3)24(20-30-25)28-19-22(13-10-6-2)17-27-15-8-4/h20-22,27H,5-19,26H2,1-4H3. The van der Waals surface area contributed by atoms with Crippen LogP contribution in [0.25, 0.3) is 0 Å². The third-order valence-electron chi connectivity index (χ3n) is 5.65. The maximum absolute atomic E-state index is 6.05. The highest BCUT2D eigenvalue weighted by Crippen LogP contribution is 2.40. The average Bonchev–Trinajstić information content (AvgIpc) is 3.15. The quantitative estimate of drug-likeness (QED) is 0.150. The summed E-state index contributed by atoms with van der Waals surface area (Å²) in [5.41, 5.74) is 7.69. The van der Waals surface area contributed by atoms with Gasteiger partial charge in [0.05, 0.1) is 4.21 Å². The molecule has 5 heteroatoms. The van der Waals surface area contributed by atoms with Crippen molar-refractivity contribution in [2.24, 2.45) is 17.6 Å². The van der Waals surface area contributed by atoms with Gasteiger partial charge in [0.1, 0.15) is 0 Å². The Morgan fingerprint density at radius 2 is 1.57 bits per heavy atom. The Balaban J connectivity index is 2.72. The second-order valence-corrected chi connectivity index (χ2v) is 11.8. The molecular weight excluding hydrogens is 424 g/mol. The van der Waals surface area contributed by atoms with E-state index in [1.807, 2.05) is 11.3 Å². The van der Waals surface area contributed by atoms with Crippen molar-refractivity contribution < 1.29 is 0 Å². The van der Waals surface area contributed by atoms with Crippen molar-refractivity contribution in [1.29, 1.82) is 0 Å². The highest BCUT2D eigenvalue weighted by atomic mass is 32.2. The zero-order chi connectivity index (χ0) is 22.0. The molecule has 0 spiro atoms. The maximum atomic E-state index is 6.05. The van der Waals surface area contributed by atoms with Crippen molar-refractivity contribution in [1.82, 2.24) is 5.32 Å². The average molecular weight is 473 g/mol. The van der Waals surface area contributed by atoms with Crippen LogP contribution >= 0.6 is 34.9 Å². The van der Waals surface area contributed by atoms with Gasteiger partial charge in [-0.3, -0.25) is 0 Å². The molecule has 1 aromatic heterocycles. The third-order valence-corrected chi connectivity index (χ3v) is 9.71. The molecule has 1 aromatic rings. The van der Waals surface area contributed by atoms with Gasteiger partial charge in [0.15, 0.2) is 0 Å². The van der Waals surface area contributed by atoms with Crippen molar-refractivity contribution in [2.45, 2.75) is 101 Å². The lowest BCUT2D eigenvalue weighted by Crippen LogP contribution is -2.25. The van der Waals surface area contributed by atoms with E-state index in [9.17, 15) is 0 Å². The number of hydrogen-bond acceptors (Lipinski definition) is 5. The second-order valence-electron chi connectivity index (χ2n) is 8.55. The van der Waals surface area contributed by atoms with Crippen LogP contribution in [0.2, 0.25) is 0 Å². The fourth-order valence-electron chi connectivity index (χ4n) is 3.55. The predicted molar refractivity (Wildman–Crippen MR) is 143 cm³/mol. The first-order valence-electron chi connectivity index (χ1n) is 12.5. The number of thioether (sulfide) groups is 2. The Bertz CT molecular complexity index is 518.